The average Bonchev–Trinajstić information content (AvgIpc) is 3.19. The van der Waals surface area contributed by atoms with Crippen molar-refractivity contribution >= 4 is 5.96 Å². The molecule has 23 heavy (non-hydrogen) atoms. The fourth-order valence-electron chi connectivity index (χ4n) is 2.27. The van der Waals surface area contributed by atoms with E-state index in [2.05, 4.69) is 25.8 Å². The maximum atomic E-state index is 5.63. The molecule has 1 aromatic rings. The van der Waals surface area contributed by atoms with Gasteiger partial charge in [0, 0.05) is 33.2 Å². The number of rotatable bonds is 9. The van der Waals surface area contributed by atoms with E-state index in [1.807, 2.05) is 6.92 Å². The van der Waals surface area contributed by atoms with E-state index >= 15 is 0 Å². The van der Waals surface area contributed by atoms with Crippen molar-refractivity contribution in [1.82, 2.24) is 20.8 Å². The van der Waals surface area contributed by atoms with Gasteiger partial charge < -0.3 is 24.6 Å². The van der Waals surface area contributed by atoms with Crippen LogP contribution in [-0.2, 0) is 16.0 Å². The Bertz CT molecular complexity index is 471. The van der Waals surface area contributed by atoms with E-state index in [-0.39, 0.29) is 0 Å². The summed E-state index contributed by atoms with van der Waals surface area (Å²) in [6, 6.07) is 0. The summed E-state index contributed by atoms with van der Waals surface area (Å²) in [6.07, 6.45) is 3.47. The molecule has 0 aliphatic carbocycles. The molecule has 8 nitrogen and oxygen atoms in total. The first kappa shape index (κ1) is 17.7. The number of ether oxygens (including phenoxy) is 2. The second-order valence-electron chi connectivity index (χ2n) is 5.42. The van der Waals surface area contributed by atoms with Gasteiger partial charge in [-0.15, -0.1) is 0 Å². The lowest BCUT2D eigenvalue weighted by Gasteiger charge is -2.12. The Balaban J connectivity index is 1.59. The van der Waals surface area contributed by atoms with Gasteiger partial charge in [0.15, 0.2) is 11.8 Å². The first-order chi connectivity index (χ1) is 11.3. The molecule has 1 saturated heterocycles. The minimum Gasteiger partial charge on any atom is -0.379 e. The summed E-state index contributed by atoms with van der Waals surface area (Å²) in [5, 5.41) is 10.3. The molecular weight excluding hydrogens is 298 g/mol. The van der Waals surface area contributed by atoms with E-state index in [0.717, 1.165) is 51.5 Å². The topological polar surface area (TPSA) is 93.8 Å². The molecule has 0 saturated carbocycles. The van der Waals surface area contributed by atoms with E-state index in [9.17, 15) is 0 Å². The van der Waals surface area contributed by atoms with Gasteiger partial charge in [0.1, 0.15) is 6.54 Å². The van der Waals surface area contributed by atoms with Crippen molar-refractivity contribution in [3.05, 3.63) is 11.7 Å². The average molecular weight is 325 g/mol. The number of aryl methyl sites for hydroxylation is 1. The second kappa shape index (κ2) is 10.2. The summed E-state index contributed by atoms with van der Waals surface area (Å²) < 4.78 is 16.1. The molecule has 1 aliphatic heterocycles. The summed E-state index contributed by atoms with van der Waals surface area (Å²) in [7, 11) is 0. The van der Waals surface area contributed by atoms with Crippen LogP contribution >= 0.6 is 0 Å². The van der Waals surface area contributed by atoms with Crippen LogP contribution in [0.4, 0.5) is 0 Å². The number of nitrogens with zero attached hydrogens (tertiary/aromatic N) is 3. The van der Waals surface area contributed by atoms with Crippen LogP contribution in [0.2, 0.25) is 0 Å². The Labute approximate surface area is 137 Å². The van der Waals surface area contributed by atoms with E-state index in [1.165, 1.54) is 0 Å². The van der Waals surface area contributed by atoms with Crippen LogP contribution in [0.3, 0.4) is 0 Å². The Hall–Kier alpha value is -1.67. The summed E-state index contributed by atoms with van der Waals surface area (Å²) in [5.41, 5.74) is 0. The molecule has 0 bridgehead atoms. The summed E-state index contributed by atoms with van der Waals surface area (Å²) >= 11 is 0. The van der Waals surface area contributed by atoms with Crippen molar-refractivity contribution in [2.24, 2.45) is 4.99 Å². The van der Waals surface area contributed by atoms with Crippen molar-refractivity contribution < 1.29 is 14.0 Å². The van der Waals surface area contributed by atoms with Crippen molar-refractivity contribution in [1.29, 1.82) is 0 Å². The highest BCUT2D eigenvalue weighted by Crippen LogP contribution is 2.11. The Morgan fingerprint density at radius 3 is 3.04 bits per heavy atom. The third-order valence-corrected chi connectivity index (χ3v) is 3.38. The molecule has 0 aromatic carbocycles. The lowest BCUT2D eigenvalue weighted by molar-refractivity contribution is 0.0168. The fraction of sp³-hybridized carbons (Fsp3) is 0.800. The van der Waals surface area contributed by atoms with Crippen LogP contribution in [0.1, 0.15) is 37.9 Å². The minimum absolute atomic E-state index is 0.292. The van der Waals surface area contributed by atoms with Gasteiger partial charge in [0.2, 0.25) is 5.89 Å². The minimum atomic E-state index is 0.292. The van der Waals surface area contributed by atoms with Crippen molar-refractivity contribution in [3.8, 4) is 0 Å². The first-order valence-electron chi connectivity index (χ1n) is 8.28. The lowest BCUT2D eigenvalue weighted by Crippen LogP contribution is -2.38. The quantitative estimate of drug-likeness (QED) is 0.398. The Kier molecular flexibility index (Phi) is 7.82. The zero-order chi connectivity index (χ0) is 16.3. The van der Waals surface area contributed by atoms with Gasteiger partial charge in [-0.3, -0.25) is 0 Å². The monoisotopic (exact) mass is 325 g/mol. The van der Waals surface area contributed by atoms with Crippen LogP contribution in [0, 0.1) is 6.92 Å². The van der Waals surface area contributed by atoms with Gasteiger partial charge in [-0.1, -0.05) is 5.16 Å². The smallest absolute Gasteiger partial charge is 0.223 e. The van der Waals surface area contributed by atoms with Gasteiger partial charge >= 0.3 is 0 Å². The summed E-state index contributed by atoms with van der Waals surface area (Å²) in [4.78, 5) is 8.56. The van der Waals surface area contributed by atoms with Crippen LogP contribution in [0.25, 0.3) is 0 Å². The van der Waals surface area contributed by atoms with Crippen molar-refractivity contribution in [2.75, 3.05) is 32.9 Å². The van der Waals surface area contributed by atoms with Gasteiger partial charge in [0.25, 0.3) is 0 Å². The van der Waals surface area contributed by atoms with E-state index < -0.39 is 0 Å². The lowest BCUT2D eigenvalue weighted by atomic mass is 10.2. The van der Waals surface area contributed by atoms with Gasteiger partial charge in [0.05, 0.1) is 12.7 Å². The van der Waals surface area contributed by atoms with Crippen LogP contribution in [0.5, 0.6) is 0 Å². The van der Waals surface area contributed by atoms with Crippen molar-refractivity contribution in [3.63, 3.8) is 0 Å². The molecule has 2 N–H and O–H groups in total. The maximum absolute atomic E-state index is 5.63. The van der Waals surface area contributed by atoms with Crippen molar-refractivity contribution in [2.45, 2.75) is 45.8 Å². The predicted molar refractivity (Wildman–Crippen MR) is 86.3 cm³/mol. The highest BCUT2D eigenvalue weighted by Gasteiger charge is 2.14. The SMILES string of the molecule is CCNC(=NCc1noc(C)n1)NCCCOCC1CCCO1. The van der Waals surface area contributed by atoms with Crippen LogP contribution in [0.15, 0.2) is 9.52 Å². The zero-order valence-electron chi connectivity index (χ0n) is 14.0. The molecule has 1 unspecified atom stereocenters. The number of nitrogens with one attached hydrogen (secondary N) is 2. The standard InChI is InChI=1S/C15H27N5O3/c1-3-16-15(18-10-14-19-12(2)23-20-14)17-7-5-8-21-11-13-6-4-9-22-13/h13H,3-11H2,1-2H3,(H2,16,17,18). The molecule has 2 heterocycles. The number of aromatic nitrogens is 2. The Morgan fingerprint density at radius 2 is 2.35 bits per heavy atom. The summed E-state index contributed by atoms with van der Waals surface area (Å²) in [6.45, 7) is 8.07. The molecule has 8 heteroatoms. The highest BCUT2D eigenvalue weighted by molar-refractivity contribution is 5.79. The van der Waals surface area contributed by atoms with E-state index in [0.29, 0.717) is 31.0 Å². The molecule has 1 aromatic heterocycles. The second-order valence-corrected chi connectivity index (χ2v) is 5.42. The van der Waals surface area contributed by atoms with Crippen LogP contribution < -0.4 is 10.6 Å². The van der Waals surface area contributed by atoms with Crippen LogP contribution in [-0.4, -0.2) is 55.1 Å². The van der Waals surface area contributed by atoms with E-state index in [4.69, 9.17) is 14.0 Å². The largest absolute Gasteiger partial charge is 0.379 e. The molecule has 0 radical (unpaired) electrons. The third-order valence-electron chi connectivity index (χ3n) is 3.38. The summed E-state index contributed by atoms with van der Waals surface area (Å²) in [5.74, 6) is 1.88. The number of hydrogen-bond acceptors (Lipinski definition) is 6. The number of hydrogen-bond donors (Lipinski definition) is 2. The molecular formula is C15H27N5O3. The maximum Gasteiger partial charge on any atom is 0.223 e. The highest BCUT2D eigenvalue weighted by atomic mass is 16.5. The first-order valence-corrected chi connectivity index (χ1v) is 8.28. The molecule has 1 atom stereocenters. The molecule has 0 amide bonds. The molecule has 0 spiro atoms. The Morgan fingerprint density at radius 1 is 1.43 bits per heavy atom. The number of aliphatic imine (C=N–C) groups is 1. The number of guanidine groups is 1. The van der Waals surface area contributed by atoms with Gasteiger partial charge in [-0.25, -0.2) is 4.99 Å². The molecule has 130 valence electrons. The van der Waals surface area contributed by atoms with Gasteiger partial charge in [-0.05, 0) is 26.2 Å². The normalized spacial score (nSPS) is 18.3. The third kappa shape index (κ3) is 6.96. The zero-order valence-corrected chi connectivity index (χ0v) is 14.0. The van der Waals surface area contributed by atoms with Gasteiger partial charge in [-0.2, -0.15) is 4.98 Å². The molecule has 1 aliphatic rings. The molecule has 2 rings (SSSR count). The van der Waals surface area contributed by atoms with E-state index in [1.54, 1.807) is 6.92 Å². The molecule has 1 fully saturated rings. The fourth-order valence-corrected chi connectivity index (χ4v) is 2.27. The predicted octanol–water partition coefficient (Wildman–Crippen LogP) is 1.02.